The molecule has 21 heavy (non-hydrogen) atoms. The molecule has 0 unspecified atom stereocenters. The number of benzene rings is 1. The Morgan fingerprint density at radius 3 is 2.81 bits per heavy atom. The number of aromatic nitrogens is 1. The van der Waals surface area contributed by atoms with Crippen molar-refractivity contribution in [2.75, 3.05) is 18.8 Å². The SMILES string of the molecule is CCCC1CCN(C(=O)c2cc3cc(N)ccc3[nH]2)CC1. The minimum absolute atomic E-state index is 0.111. The van der Waals surface area contributed by atoms with Crippen molar-refractivity contribution in [2.24, 2.45) is 5.92 Å². The fourth-order valence-electron chi connectivity index (χ4n) is 3.27. The van der Waals surface area contributed by atoms with Crippen LogP contribution in [0.4, 0.5) is 5.69 Å². The molecule has 112 valence electrons. The fourth-order valence-corrected chi connectivity index (χ4v) is 3.27. The number of nitrogens with one attached hydrogen (secondary N) is 1. The van der Waals surface area contributed by atoms with E-state index in [2.05, 4.69) is 11.9 Å². The minimum Gasteiger partial charge on any atom is -0.399 e. The number of fused-ring (bicyclic) bond motifs is 1. The highest BCUT2D eigenvalue weighted by Gasteiger charge is 2.24. The van der Waals surface area contributed by atoms with Crippen LogP contribution in [0.25, 0.3) is 10.9 Å². The molecule has 0 atom stereocenters. The first-order chi connectivity index (χ1) is 10.2. The van der Waals surface area contributed by atoms with E-state index < -0.39 is 0 Å². The normalized spacial score (nSPS) is 16.5. The van der Waals surface area contributed by atoms with Crippen molar-refractivity contribution in [2.45, 2.75) is 32.6 Å². The number of carbonyl (C=O) groups excluding carboxylic acids is 1. The Labute approximate surface area is 125 Å². The lowest BCUT2D eigenvalue weighted by Crippen LogP contribution is -2.38. The number of rotatable bonds is 3. The van der Waals surface area contributed by atoms with Gasteiger partial charge >= 0.3 is 0 Å². The third-order valence-electron chi connectivity index (χ3n) is 4.47. The van der Waals surface area contributed by atoms with Crippen molar-refractivity contribution in [3.05, 3.63) is 30.0 Å². The molecule has 2 heterocycles. The van der Waals surface area contributed by atoms with Crippen molar-refractivity contribution in [1.82, 2.24) is 9.88 Å². The molecular formula is C17H23N3O. The van der Waals surface area contributed by atoms with Crippen molar-refractivity contribution < 1.29 is 4.79 Å². The monoisotopic (exact) mass is 285 g/mol. The van der Waals surface area contributed by atoms with E-state index in [1.54, 1.807) is 0 Å². The van der Waals surface area contributed by atoms with Crippen LogP contribution in [0.3, 0.4) is 0 Å². The number of anilines is 1. The molecule has 2 aromatic rings. The van der Waals surface area contributed by atoms with Crippen LogP contribution in [-0.2, 0) is 0 Å². The first-order valence-electron chi connectivity index (χ1n) is 7.85. The largest absolute Gasteiger partial charge is 0.399 e. The third kappa shape index (κ3) is 2.89. The molecule has 0 saturated carbocycles. The van der Waals surface area contributed by atoms with Gasteiger partial charge in [0, 0.05) is 29.7 Å². The summed E-state index contributed by atoms with van der Waals surface area (Å²) < 4.78 is 0. The summed E-state index contributed by atoms with van der Waals surface area (Å²) in [6.07, 6.45) is 4.79. The zero-order valence-electron chi connectivity index (χ0n) is 12.6. The molecule has 1 aromatic heterocycles. The van der Waals surface area contributed by atoms with E-state index in [0.717, 1.165) is 48.4 Å². The number of aromatic amines is 1. The average Bonchev–Trinajstić information content (AvgIpc) is 2.90. The lowest BCUT2D eigenvalue weighted by Gasteiger charge is -2.31. The maximum Gasteiger partial charge on any atom is 0.270 e. The Morgan fingerprint density at radius 1 is 1.33 bits per heavy atom. The zero-order valence-corrected chi connectivity index (χ0v) is 12.6. The standard InChI is InChI=1S/C17H23N3O/c1-2-3-12-6-8-20(9-7-12)17(21)16-11-13-10-14(18)4-5-15(13)19-16/h4-5,10-12,19H,2-3,6-9,18H2,1H3. The highest BCUT2D eigenvalue weighted by atomic mass is 16.2. The molecule has 0 spiro atoms. The second-order valence-electron chi connectivity index (χ2n) is 6.05. The highest BCUT2D eigenvalue weighted by molar-refractivity contribution is 5.98. The highest BCUT2D eigenvalue weighted by Crippen LogP contribution is 2.24. The summed E-state index contributed by atoms with van der Waals surface area (Å²) in [6.45, 7) is 3.98. The van der Waals surface area contributed by atoms with Gasteiger partial charge in [0.15, 0.2) is 0 Å². The van der Waals surface area contributed by atoms with E-state index in [9.17, 15) is 4.79 Å². The quantitative estimate of drug-likeness (QED) is 0.849. The summed E-state index contributed by atoms with van der Waals surface area (Å²) in [5, 5.41) is 0.999. The predicted octanol–water partition coefficient (Wildman–Crippen LogP) is 3.40. The van der Waals surface area contributed by atoms with Gasteiger partial charge < -0.3 is 15.6 Å². The van der Waals surface area contributed by atoms with E-state index in [4.69, 9.17) is 5.73 Å². The number of hydrogen-bond donors (Lipinski definition) is 2. The van der Waals surface area contributed by atoms with Gasteiger partial charge in [-0.25, -0.2) is 0 Å². The van der Waals surface area contributed by atoms with Gasteiger partial charge in [0.25, 0.3) is 5.91 Å². The molecule has 1 aliphatic rings. The maximum atomic E-state index is 12.6. The van der Waals surface area contributed by atoms with Crippen LogP contribution in [0.5, 0.6) is 0 Å². The molecule has 3 N–H and O–H groups in total. The number of carbonyl (C=O) groups is 1. The second kappa shape index (κ2) is 5.80. The lowest BCUT2D eigenvalue weighted by atomic mass is 9.92. The summed E-state index contributed by atoms with van der Waals surface area (Å²) in [5.74, 6) is 0.904. The molecule has 0 bridgehead atoms. The van der Waals surface area contributed by atoms with Crippen LogP contribution >= 0.6 is 0 Å². The van der Waals surface area contributed by atoms with Gasteiger partial charge in [0.05, 0.1) is 0 Å². The topological polar surface area (TPSA) is 62.1 Å². The number of amides is 1. The van der Waals surface area contributed by atoms with Gasteiger partial charge in [-0.05, 0) is 43.0 Å². The average molecular weight is 285 g/mol. The summed E-state index contributed by atoms with van der Waals surface area (Å²) in [7, 11) is 0. The molecule has 1 saturated heterocycles. The van der Waals surface area contributed by atoms with Crippen LogP contribution in [-0.4, -0.2) is 28.9 Å². The first kappa shape index (κ1) is 14.0. The van der Waals surface area contributed by atoms with Crippen molar-refractivity contribution in [1.29, 1.82) is 0 Å². The van der Waals surface area contributed by atoms with Gasteiger partial charge in [0.2, 0.25) is 0 Å². The molecule has 3 rings (SSSR count). The van der Waals surface area contributed by atoms with Gasteiger partial charge in [-0.3, -0.25) is 4.79 Å². The van der Waals surface area contributed by atoms with E-state index in [-0.39, 0.29) is 5.91 Å². The van der Waals surface area contributed by atoms with Gasteiger partial charge in [-0.2, -0.15) is 0 Å². The van der Waals surface area contributed by atoms with Crippen molar-refractivity contribution >= 4 is 22.5 Å². The lowest BCUT2D eigenvalue weighted by molar-refractivity contribution is 0.0681. The number of nitrogens with two attached hydrogens (primary N) is 1. The number of likely N-dealkylation sites (tertiary alicyclic amines) is 1. The molecular weight excluding hydrogens is 262 g/mol. The van der Waals surface area contributed by atoms with E-state index in [0.29, 0.717) is 5.69 Å². The van der Waals surface area contributed by atoms with Crippen LogP contribution in [0.2, 0.25) is 0 Å². The van der Waals surface area contributed by atoms with Gasteiger partial charge in [0.1, 0.15) is 5.69 Å². The Morgan fingerprint density at radius 2 is 2.10 bits per heavy atom. The Kier molecular flexibility index (Phi) is 3.86. The summed E-state index contributed by atoms with van der Waals surface area (Å²) in [5.41, 5.74) is 8.15. The van der Waals surface area contributed by atoms with E-state index >= 15 is 0 Å². The van der Waals surface area contributed by atoms with Gasteiger partial charge in [-0.15, -0.1) is 0 Å². The van der Waals surface area contributed by atoms with Gasteiger partial charge in [-0.1, -0.05) is 19.8 Å². The predicted molar refractivity (Wildman–Crippen MR) is 86.2 cm³/mol. The molecule has 4 nitrogen and oxygen atoms in total. The Balaban J connectivity index is 1.72. The fraction of sp³-hybridized carbons (Fsp3) is 0.471. The summed E-state index contributed by atoms with van der Waals surface area (Å²) >= 11 is 0. The summed E-state index contributed by atoms with van der Waals surface area (Å²) in [4.78, 5) is 17.8. The molecule has 1 fully saturated rings. The molecule has 1 aromatic carbocycles. The van der Waals surface area contributed by atoms with Crippen molar-refractivity contribution in [3.8, 4) is 0 Å². The number of nitrogen functional groups attached to an aromatic ring is 1. The molecule has 1 aliphatic heterocycles. The molecule has 0 radical (unpaired) electrons. The zero-order chi connectivity index (χ0) is 14.8. The number of piperidine rings is 1. The maximum absolute atomic E-state index is 12.6. The number of hydrogen-bond acceptors (Lipinski definition) is 2. The Bertz CT molecular complexity index is 639. The first-order valence-corrected chi connectivity index (χ1v) is 7.85. The Hall–Kier alpha value is -1.97. The molecule has 0 aliphatic carbocycles. The molecule has 1 amide bonds. The van der Waals surface area contributed by atoms with E-state index in [1.807, 2.05) is 29.2 Å². The smallest absolute Gasteiger partial charge is 0.270 e. The third-order valence-corrected chi connectivity index (χ3v) is 4.47. The summed E-state index contributed by atoms with van der Waals surface area (Å²) in [6, 6.07) is 7.58. The number of H-pyrrole nitrogens is 1. The minimum atomic E-state index is 0.111. The van der Waals surface area contributed by atoms with Crippen LogP contribution in [0.15, 0.2) is 24.3 Å². The second-order valence-corrected chi connectivity index (χ2v) is 6.05. The number of nitrogens with zero attached hydrogens (tertiary/aromatic N) is 1. The van der Waals surface area contributed by atoms with Crippen LogP contribution in [0, 0.1) is 5.92 Å². The van der Waals surface area contributed by atoms with E-state index in [1.165, 1.54) is 12.8 Å². The van der Waals surface area contributed by atoms with Crippen molar-refractivity contribution in [3.63, 3.8) is 0 Å². The van der Waals surface area contributed by atoms with Crippen LogP contribution in [0.1, 0.15) is 43.1 Å². The van der Waals surface area contributed by atoms with Crippen LogP contribution < -0.4 is 5.73 Å². The molecule has 4 heteroatoms.